The van der Waals surface area contributed by atoms with Crippen molar-refractivity contribution < 1.29 is 4.74 Å². The van der Waals surface area contributed by atoms with Crippen LogP contribution in [0.25, 0.3) is 11.4 Å². The Hall–Kier alpha value is -1.62. The Morgan fingerprint density at radius 3 is 2.74 bits per heavy atom. The van der Waals surface area contributed by atoms with E-state index in [2.05, 4.69) is 32.8 Å². The number of halogens is 1. The summed E-state index contributed by atoms with van der Waals surface area (Å²) in [6, 6.07) is 7.52. The van der Waals surface area contributed by atoms with Crippen LogP contribution in [0, 0.1) is 0 Å². The lowest BCUT2D eigenvalue weighted by atomic mass is 10.2. The largest absolute Gasteiger partial charge is 0.497 e. The molecule has 0 aliphatic carbocycles. The topological polar surface area (TPSA) is 61.0 Å². The predicted molar refractivity (Wildman–Crippen MR) is 80.1 cm³/mol. The molecule has 1 heterocycles. The molecule has 0 fully saturated rings. The molecular weight excluding hydrogens is 306 g/mol. The van der Waals surface area contributed by atoms with Gasteiger partial charge in [-0.25, -0.2) is 9.97 Å². The average Bonchev–Trinajstić information content (AvgIpc) is 2.39. The maximum atomic E-state index is 5.85. The molecule has 5 heteroatoms. The van der Waals surface area contributed by atoms with E-state index >= 15 is 0 Å². The molecular formula is C14H16BrN3O. The molecule has 2 N–H and O–H groups in total. The summed E-state index contributed by atoms with van der Waals surface area (Å²) in [6.07, 6.45) is 1.91. The molecule has 2 aromatic rings. The van der Waals surface area contributed by atoms with E-state index in [1.807, 2.05) is 24.3 Å². The molecule has 0 atom stereocenters. The highest BCUT2D eigenvalue weighted by Gasteiger charge is 2.10. The third-order valence-electron chi connectivity index (χ3n) is 2.72. The lowest BCUT2D eigenvalue weighted by Gasteiger charge is -2.08. The number of aryl methyl sites for hydroxylation is 1. The van der Waals surface area contributed by atoms with Crippen LogP contribution in [0.2, 0.25) is 0 Å². The lowest BCUT2D eigenvalue weighted by Crippen LogP contribution is -2.01. The SMILES string of the molecule is CCCc1cc(N)nc(-c2cc(OC)ccc2Br)n1. The number of benzene rings is 1. The van der Waals surface area contributed by atoms with E-state index in [0.29, 0.717) is 11.6 Å². The van der Waals surface area contributed by atoms with Crippen LogP contribution in [0.15, 0.2) is 28.7 Å². The van der Waals surface area contributed by atoms with Gasteiger partial charge in [-0.05, 0) is 24.6 Å². The average molecular weight is 322 g/mol. The maximum absolute atomic E-state index is 5.85. The molecule has 0 aliphatic rings. The van der Waals surface area contributed by atoms with Gasteiger partial charge in [-0.3, -0.25) is 0 Å². The van der Waals surface area contributed by atoms with Crippen LogP contribution < -0.4 is 10.5 Å². The molecule has 0 spiro atoms. The Kier molecular flexibility index (Phi) is 4.37. The number of hydrogen-bond donors (Lipinski definition) is 1. The molecule has 0 radical (unpaired) electrons. The van der Waals surface area contributed by atoms with Crippen molar-refractivity contribution in [2.24, 2.45) is 0 Å². The first-order chi connectivity index (χ1) is 9.13. The standard InChI is InChI=1S/C14H16BrN3O/c1-3-4-9-7-13(16)18-14(17-9)11-8-10(19-2)5-6-12(11)15/h5-8H,3-4H2,1-2H3,(H2,16,17,18). The number of rotatable bonds is 4. The lowest BCUT2D eigenvalue weighted by molar-refractivity contribution is 0.415. The molecule has 0 unspecified atom stereocenters. The molecule has 0 saturated carbocycles. The van der Waals surface area contributed by atoms with E-state index in [1.54, 1.807) is 7.11 Å². The van der Waals surface area contributed by atoms with E-state index in [-0.39, 0.29) is 0 Å². The van der Waals surface area contributed by atoms with Gasteiger partial charge in [-0.2, -0.15) is 0 Å². The van der Waals surface area contributed by atoms with Gasteiger partial charge in [0.2, 0.25) is 0 Å². The maximum Gasteiger partial charge on any atom is 0.163 e. The molecule has 1 aromatic carbocycles. The zero-order chi connectivity index (χ0) is 13.8. The van der Waals surface area contributed by atoms with Gasteiger partial charge >= 0.3 is 0 Å². The zero-order valence-corrected chi connectivity index (χ0v) is 12.6. The first-order valence-corrected chi connectivity index (χ1v) is 6.90. The summed E-state index contributed by atoms with van der Waals surface area (Å²) in [5, 5.41) is 0. The summed E-state index contributed by atoms with van der Waals surface area (Å²) in [4.78, 5) is 8.86. The van der Waals surface area contributed by atoms with Crippen molar-refractivity contribution in [1.82, 2.24) is 9.97 Å². The van der Waals surface area contributed by atoms with Crippen LogP contribution in [0.4, 0.5) is 5.82 Å². The smallest absolute Gasteiger partial charge is 0.163 e. The minimum Gasteiger partial charge on any atom is -0.497 e. The van der Waals surface area contributed by atoms with Gasteiger partial charge < -0.3 is 10.5 Å². The number of nitrogens with two attached hydrogens (primary N) is 1. The summed E-state index contributed by atoms with van der Waals surface area (Å²) in [7, 11) is 1.63. The van der Waals surface area contributed by atoms with E-state index in [9.17, 15) is 0 Å². The highest BCUT2D eigenvalue weighted by atomic mass is 79.9. The van der Waals surface area contributed by atoms with Crippen molar-refractivity contribution in [1.29, 1.82) is 0 Å². The van der Waals surface area contributed by atoms with E-state index in [4.69, 9.17) is 10.5 Å². The molecule has 1 aromatic heterocycles. The molecule has 0 amide bonds. The molecule has 0 saturated heterocycles. The summed E-state index contributed by atoms with van der Waals surface area (Å²) in [6.45, 7) is 2.11. The summed E-state index contributed by atoms with van der Waals surface area (Å²) >= 11 is 3.51. The number of ether oxygens (including phenoxy) is 1. The third kappa shape index (κ3) is 3.23. The minimum absolute atomic E-state index is 0.489. The van der Waals surface area contributed by atoms with Gasteiger partial charge in [0.1, 0.15) is 11.6 Å². The van der Waals surface area contributed by atoms with Gasteiger partial charge in [0.05, 0.1) is 7.11 Å². The van der Waals surface area contributed by atoms with Crippen molar-refractivity contribution in [2.75, 3.05) is 12.8 Å². The Morgan fingerprint density at radius 2 is 2.05 bits per heavy atom. The van der Waals surface area contributed by atoms with Gasteiger partial charge in [0, 0.05) is 21.8 Å². The van der Waals surface area contributed by atoms with Crippen LogP contribution in [-0.2, 0) is 6.42 Å². The van der Waals surface area contributed by atoms with Gasteiger partial charge in [0.15, 0.2) is 5.82 Å². The van der Waals surface area contributed by atoms with Crippen molar-refractivity contribution >= 4 is 21.7 Å². The van der Waals surface area contributed by atoms with Crippen molar-refractivity contribution in [3.63, 3.8) is 0 Å². The first-order valence-electron chi connectivity index (χ1n) is 6.11. The van der Waals surface area contributed by atoms with Crippen LogP contribution in [0.5, 0.6) is 5.75 Å². The van der Waals surface area contributed by atoms with E-state index < -0.39 is 0 Å². The first kappa shape index (κ1) is 13.8. The van der Waals surface area contributed by atoms with Gasteiger partial charge in [-0.15, -0.1) is 0 Å². The number of nitrogen functional groups attached to an aromatic ring is 1. The van der Waals surface area contributed by atoms with Crippen molar-refractivity contribution in [2.45, 2.75) is 19.8 Å². The summed E-state index contributed by atoms with van der Waals surface area (Å²) in [5.74, 6) is 1.87. The third-order valence-corrected chi connectivity index (χ3v) is 3.41. The quantitative estimate of drug-likeness (QED) is 0.936. The second-order valence-electron chi connectivity index (χ2n) is 4.20. The van der Waals surface area contributed by atoms with Crippen molar-refractivity contribution in [3.05, 3.63) is 34.4 Å². The van der Waals surface area contributed by atoms with Crippen LogP contribution >= 0.6 is 15.9 Å². The fraction of sp³-hybridized carbons (Fsp3) is 0.286. The molecule has 4 nitrogen and oxygen atoms in total. The molecule has 19 heavy (non-hydrogen) atoms. The fourth-order valence-electron chi connectivity index (χ4n) is 1.83. The highest BCUT2D eigenvalue weighted by Crippen LogP contribution is 2.30. The highest BCUT2D eigenvalue weighted by molar-refractivity contribution is 9.10. The second-order valence-corrected chi connectivity index (χ2v) is 5.06. The van der Waals surface area contributed by atoms with Crippen LogP contribution in [0.3, 0.4) is 0 Å². The molecule has 2 rings (SSSR count). The van der Waals surface area contributed by atoms with E-state index in [0.717, 1.165) is 34.3 Å². The van der Waals surface area contributed by atoms with Crippen LogP contribution in [-0.4, -0.2) is 17.1 Å². The Bertz CT molecular complexity index is 587. The molecule has 0 aliphatic heterocycles. The Morgan fingerprint density at radius 1 is 1.26 bits per heavy atom. The number of hydrogen-bond acceptors (Lipinski definition) is 4. The normalized spacial score (nSPS) is 10.5. The Balaban J connectivity index is 2.51. The number of methoxy groups -OCH3 is 1. The number of anilines is 1. The monoisotopic (exact) mass is 321 g/mol. The molecule has 0 bridgehead atoms. The van der Waals surface area contributed by atoms with Crippen LogP contribution in [0.1, 0.15) is 19.0 Å². The Labute approximate surface area is 121 Å². The van der Waals surface area contributed by atoms with Gasteiger partial charge in [0.25, 0.3) is 0 Å². The zero-order valence-electron chi connectivity index (χ0n) is 11.0. The predicted octanol–water partition coefficient (Wildman–Crippen LogP) is 3.45. The second kappa shape index (κ2) is 6.02. The number of nitrogens with zero attached hydrogens (tertiary/aromatic N) is 2. The number of aromatic nitrogens is 2. The van der Waals surface area contributed by atoms with E-state index in [1.165, 1.54) is 0 Å². The molecule has 100 valence electrons. The minimum atomic E-state index is 0.489. The summed E-state index contributed by atoms with van der Waals surface area (Å²) < 4.78 is 6.15. The fourth-order valence-corrected chi connectivity index (χ4v) is 2.25. The summed E-state index contributed by atoms with van der Waals surface area (Å²) in [5.41, 5.74) is 7.69. The van der Waals surface area contributed by atoms with Crippen molar-refractivity contribution in [3.8, 4) is 17.1 Å². The van der Waals surface area contributed by atoms with Gasteiger partial charge in [-0.1, -0.05) is 29.3 Å².